The predicted octanol–water partition coefficient (Wildman–Crippen LogP) is 2.51. The molecule has 0 unspecified atom stereocenters. The van der Waals surface area contributed by atoms with E-state index in [2.05, 4.69) is 26.1 Å². The first kappa shape index (κ1) is 15.0. The molecule has 1 N–H and O–H groups in total. The monoisotopic (exact) mass is 344 g/mol. The molecular weight excluding hydrogens is 328 g/mol. The van der Waals surface area contributed by atoms with Gasteiger partial charge in [0.15, 0.2) is 5.78 Å². The van der Waals surface area contributed by atoms with E-state index < -0.39 is 0 Å². The van der Waals surface area contributed by atoms with Gasteiger partial charge in [0.05, 0.1) is 6.54 Å². The number of nitrogens with zero attached hydrogens (tertiary/aromatic N) is 1. The standard InChI is InChI=1S/C14H18BrClN2O/c15-12-3-2-11(14(16)9-12)8-13(19)10-18-6-1-4-17-5-7-18/h2-3,9,17H,1,4-8,10H2. The van der Waals surface area contributed by atoms with Gasteiger partial charge < -0.3 is 5.32 Å². The molecule has 0 bridgehead atoms. The Hall–Kier alpha value is -0.420. The van der Waals surface area contributed by atoms with Gasteiger partial charge >= 0.3 is 0 Å². The molecule has 3 nitrogen and oxygen atoms in total. The average molecular weight is 346 g/mol. The smallest absolute Gasteiger partial charge is 0.151 e. The Kier molecular flexibility index (Phi) is 5.82. The van der Waals surface area contributed by atoms with Crippen LogP contribution >= 0.6 is 27.5 Å². The summed E-state index contributed by atoms with van der Waals surface area (Å²) in [4.78, 5) is 14.3. The summed E-state index contributed by atoms with van der Waals surface area (Å²) in [6.45, 7) is 4.47. The van der Waals surface area contributed by atoms with Crippen LogP contribution in [0.4, 0.5) is 0 Å². The van der Waals surface area contributed by atoms with Crippen molar-refractivity contribution < 1.29 is 4.79 Å². The van der Waals surface area contributed by atoms with E-state index in [1.165, 1.54) is 0 Å². The summed E-state index contributed by atoms with van der Waals surface area (Å²) < 4.78 is 0.937. The van der Waals surface area contributed by atoms with Crippen molar-refractivity contribution in [2.75, 3.05) is 32.7 Å². The third-order valence-corrected chi connectivity index (χ3v) is 4.08. The maximum Gasteiger partial charge on any atom is 0.151 e. The van der Waals surface area contributed by atoms with Crippen LogP contribution in [0.25, 0.3) is 0 Å². The van der Waals surface area contributed by atoms with Crippen molar-refractivity contribution in [3.8, 4) is 0 Å². The van der Waals surface area contributed by atoms with Gasteiger partial charge in [0.2, 0.25) is 0 Å². The number of nitrogens with one attached hydrogen (secondary N) is 1. The molecule has 1 aromatic rings. The minimum absolute atomic E-state index is 0.228. The van der Waals surface area contributed by atoms with Crippen molar-refractivity contribution in [1.29, 1.82) is 0 Å². The van der Waals surface area contributed by atoms with E-state index in [0.717, 1.165) is 42.6 Å². The van der Waals surface area contributed by atoms with Crippen LogP contribution < -0.4 is 5.32 Å². The predicted molar refractivity (Wildman–Crippen MR) is 81.8 cm³/mol. The number of carbonyl (C=O) groups excluding carboxylic acids is 1. The number of Topliss-reactive ketones (excluding diaryl/α,β-unsaturated/α-hetero) is 1. The van der Waals surface area contributed by atoms with Crippen molar-refractivity contribution in [1.82, 2.24) is 10.2 Å². The number of benzene rings is 1. The molecule has 1 aliphatic heterocycles. The van der Waals surface area contributed by atoms with Gasteiger partial charge in [0.1, 0.15) is 0 Å². The molecule has 0 spiro atoms. The Balaban J connectivity index is 1.89. The molecule has 2 rings (SSSR count). The number of halogens is 2. The van der Waals surface area contributed by atoms with E-state index >= 15 is 0 Å². The topological polar surface area (TPSA) is 32.3 Å². The largest absolute Gasteiger partial charge is 0.315 e. The zero-order valence-electron chi connectivity index (χ0n) is 10.8. The quantitative estimate of drug-likeness (QED) is 0.910. The molecule has 104 valence electrons. The SMILES string of the molecule is O=C(Cc1ccc(Br)cc1Cl)CN1CCCNCC1. The Morgan fingerprint density at radius 1 is 1.37 bits per heavy atom. The molecule has 0 aliphatic carbocycles. The lowest BCUT2D eigenvalue weighted by Crippen LogP contribution is -2.33. The highest BCUT2D eigenvalue weighted by atomic mass is 79.9. The van der Waals surface area contributed by atoms with Crippen molar-refractivity contribution in [2.24, 2.45) is 0 Å². The lowest BCUT2D eigenvalue weighted by Gasteiger charge is -2.18. The summed E-state index contributed by atoms with van der Waals surface area (Å²) in [6, 6.07) is 5.67. The molecule has 1 heterocycles. The molecule has 0 atom stereocenters. The summed E-state index contributed by atoms with van der Waals surface area (Å²) in [5, 5.41) is 3.99. The number of ketones is 1. The molecule has 0 amide bonds. The van der Waals surface area contributed by atoms with E-state index in [0.29, 0.717) is 18.0 Å². The van der Waals surface area contributed by atoms with Crippen molar-refractivity contribution in [3.63, 3.8) is 0 Å². The van der Waals surface area contributed by atoms with E-state index in [4.69, 9.17) is 11.6 Å². The molecule has 1 aromatic carbocycles. The van der Waals surface area contributed by atoms with Gasteiger partial charge in [0, 0.05) is 29.0 Å². The van der Waals surface area contributed by atoms with E-state index in [1.807, 2.05) is 18.2 Å². The Morgan fingerprint density at radius 2 is 2.21 bits per heavy atom. The summed E-state index contributed by atoms with van der Waals surface area (Å²) in [5.74, 6) is 0.228. The third kappa shape index (κ3) is 4.88. The Labute approximate surface area is 127 Å². The van der Waals surface area contributed by atoms with Crippen LogP contribution in [0.2, 0.25) is 5.02 Å². The summed E-state index contributed by atoms with van der Waals surface area (Å²) >= 11 is 9.50. The minimum atomic E-state index is 0.228. The van der Waals surface area contributed by atoms with Gasteiger partial charge in [-0.1, -0.05) is 33.6 Å². The highest BCUT2D eigenvalue weighted by Crippen LogP contribution is 2.21. The van der Waals surface area contributed by atoms with Gasteiger partial charge in [-0.2, -0.15) is 0 Å². The first-order valence-electron chi connectivity index (χ1n) is 6.54. The summed E-state index contributed by atoms with van der Waals surface area (Å²) in [7, 11) is 0. The maximum atomic E-state index is 12.1. The van der Waals surface area contributed by atoms with Crippen LogP contribution in [0, 0.1) is 0 Å². The van der Waals surface area contributed by atoms with Crippen LogP contribution in [-0.4, -0.2) is 43.4 Å². The number of hydrogen-bond donors (Lipinski definition) is 1. The molecule has 1 fully saturated rings. The fourth-order valence-electron chi connectivity index (χ4n) is 2.24. The number of rotatable bonds is 4. The van der Waals surface area contributed by atoms with Crippen LogP contribution in [0.1, 0.15) is 12.0 Å². The van der Waals surface area contributed by atoms with Gasteiger partial charge in [0.25, 0.3) is 0 Å². The second-order valence-corrected chi connectivity index (χ2v) is 6.15. The highest BCUT2D eigenvalue weighted by molar-refractivity contribution is 9.10. The average Bonchev–Trinajstić information content (AvgIpc) is 2.61. The van der Waals surface area contributed by atoms with Gasteiger partial charge in [-0.3, -0.25) is 9.69 Å². The first-order chi connectivity index (χ1) is 9.15. The van der Waals surface area contributed by atoms with Crippen LogP contribution in [-0.2, 0) is 11.2 Å². The van der Waals surface area contributed by atoms with Crippen molar-refractivity contribution >= 4 is 33.3 Å². The van der Waals surface area contributed by atoms with Crippen molar-refractivity contribution in [2.45, 2.75) is 12.8 Å². The molecule has 5 heteroatoms. The van der Waals surface area contributed by atoms with E-state index in [1.54, 1.807) is 0 Å². The molecule has 19 heavy (non-hydrogen) atoms. The second-order valence-electron chi connectivity index (χ2n) is 4.83. The fourth-order valence-corrected chi connectivity index (χ4v) is 2.98. The highest BCUT2D eigenvalue weighted by Gasteiger charge is 2.14. The number of carbonyl (C=O) groups is 1. The second kappa shape index (κ2) is 7.39. The molecule has 0 saturated carbocycles. The van der Waals surface area contributed by atoms with Crippen LogP contribution in [0.15, 0.2) is 22.7 Å². The van der Waals surface area contributed by atoms with E-state index in [-0.39, 0.29) is 5.78 Å². The van der Waals surface area contributed by atoms with Crippen molar-refractivity contribution in [3.05, 3.63) is 33.3 Å². The summed E-state index contributed by atoms with van der Waals surface area (Å²) in [5.41, 5.74) is 0.905. The molecule has 1 saturated heterocycles. The molecular formula is C14H18BrClN2O. The first-order valence-corrected chi connectivity index (χ1v) is 7.71. The van der Waals surface area contributed by atoms with Gasteiger partial charge in [-0.05, 0) is 37.2 Å². The Morgan fingerprint density at radius 3 is 3.00 bits per heavy atom. The third-order valence-electron chi connectivity index (χ3n) is 3.24. The molecule has 0 radical (unpaired) electrons. The van der Waals surface area contributed by atoms with Gasteiger partial charge in [-0.25, -0.2) is 0 Å². The molecule has 1 aliphatic rings. The fraction of sp³-hybridized carbons (Fsp3) is 0.500. The number of hydrogen-bond acceptors (Lipinski definition) is 3. The normalized spacial score (nSPS) is 17.2. The maximum absolute atomic E-state index is 12.1. The lowest BCUT2D eigenvalue weighted by atomic mass is 10.1. The van der Waals surface area contributed by atoms with Gasteiger partial charge in [-0.15, -0.1) is 0 Å². The lowest BCUT2D eigenvalue weighted by molar-refractivity contribution is -0.119. The zero-order chi connectivity index (χ0) is 13.7. The van der Waals surface area contributed by atoms with Crippen LogP contribution in [0.5, 0.6) is 0 Å². The Bertz CT molecular complexity index is 445. The summed E-state index contributed by atoms with van der Waals surface area (Å²) in [6.07, 6.45) is 1.52. The zero-order valence-corrected chi connectivity index (χ0v) is 13.1. The minimum Gasteiger partial charge on any atom is -0.315 e. The van der Waals surface area contributed by atoms with E-state index in [9.17, 15) is 4.79 Å². The molecule has 0 aromatic heterocycles. The van der Waals surface area contributed by atoms with Crippen LogP contribution in [0.3, 0.4) is 0 Å².